The average molecular weight is 249 g/mol. The van der Waals surface area contributed by atoms with E-state index in [0.29, 0.717) is 25.4 Å². The quantitative estimate of drug-likeness (QED) is 0.787. The first-order valence-electron chi connectivity index (χ1n) is 6.22. The monoisotopic (exact) mass is 249 g/mol. The maximum atomic E-state index is 12.0. The van der Waals surface area contributed by atoms with E-state index >= 15 is 0 Å². The largest absolute Gasteiger partial charge is 0.399 e. The maximum Gasteiger partial charge on any atom is 0.322 e. The molecular weight excluding hydrogens is 230 g/mol. The van der Waals surface area contributed by atoms with Gasteiger partial charge in [0.15, 0.2) is 0 Å². The minimum atomic E-state index is -0.0819. The van der Waals surface area contributed by atoms with Crippen molar-refractivity contribution in [1.29, 1.82) is 0 Å². The van der Waals surface area contributed by atoms with Crippen LogP contribution in [0.3, 0.4) is 0 Å². The van der Waals surface area contributed by atoms with Gasteiger partial charge in [-0.3, -0.25) is 0 Å². The Kier molecular flexibility index (Phi) is 4.04. The van der Waals surface area contributed by atoms with E-state index in [9.17, 15) is 4.79 Å². The number of benzene rings is 1. The molecule has 1 unspecified atom stereocenters. The Labute approximate surface area is 107 Å². The van der Waals surface area contributed by atoms with E-state index in [1.807, 2.05) is 0 Å². The Morgan fingerprint density at radius 1 is 1.50 bits per heavy atom. The van der Waals surface area contributed by atoms with E-state index in [1.54, 1.807) is 29.2 Å². The summed E-state index contributed by atoms with van der Waals surface area (Å²) in [4.78, 5) is 13.8. The first-order valence-corrected chi connectivity index (χ1v) is 6.22. The molecule has 0 spiro atoms. The fourth-order valence-electron chi connectivity index (χ4n) is 1.92. The van der Waals surface area contributed by atoms with E-state index in [2.05, 4.69) is 12.2 Å². The third-order valence-corrected chi connectivity index (χ3v) is 3.04. The lowest BCUT2D eigenvalue weighted by Crippen LogP contribution is -2.47. The summed E-state index contributed by atoms with van der Waals surface area (Å²) in [5.74, 6) is 0. The standard InChI is InChI=1S/C13H19N3O2/c1-2-12-9-16(7-8-18-12)13(17)15-11-5-3-10(14)4-6-11/h3-6,12H,2,7-9,14H2,1H3,(H,15,17). The number of nitrogen functional groups attached to an aromatic ring is 1. The number of anilines is 2. The lowest BCUT2D eigenvalue weighted by atomic mass is 10.2. The predicted octanol–water partition coefficient (Wildman–Crippen LogP) is 1.91. The molecule has 2 amide bonds. The molecule has 1 aromatic carbocycles. The van der Waals surface area contributed by atoms with Crippen molar-refractivity contribution < 1.29 is 9.53 Å². The van der Waals surface area contributed by atoms with Crippen LogP contribution in [0.15, 0.2) is 24.3 Å². The number of nitrogens with zero attached hydrogens (tertiary/aromatic N) is 1. The second-order valence-electron chi connectivity index (χ2n) is 4.40. The average Bonchev–Trinajstić information content (AvgIpc) is 2.41. The molecule has 1 aromatic rings. The normalized spacial score (nSPS) is 19.6. The first kappa shape index (κ1) is 12.7. The van der Waals surface area contributed by atoms with Crippen LogP contribution in [0.1, 0.15) is 13.3 Å². The second-order valence-corrected chi connectivity index (χ2v) is 4.40. The van der Waals surface area contributed by atoms with Crippen molar-refractivity contribution in [3.05, 3.63) is 24.3 Å². The van der Waals surface area contributed by atoms with Crippen molar-refractivity contribution in [3.63, 3.8) is 0 Å². The molecule has 1 atom stereocenters. The van der Waals surface area contributed by atoms with Crippen molar-refractivity contribution in [3.8, 4) is 0 Å². The second kappa shape index (κ2) is 5.73. The zero-order valence-electron chi connectivity index (χ0n) is 10.6. The van der Waals surface area contributed by atoms with Crippen LogP contribution in [0.25, 0.3) is 0 Å². The van der Waals surface area contributed by atoms with Gasteiger partial charge in [0, 0.05) is 24.5 Å². The summed E-state index contributed by atoms with van der Waals surface area (Å²) in [6.07, 6.45) is 1.07. The van der Waals surface area contributed by atoms with Crippen LogP contribution in [0, 0.1) is 0 Å². The SMILES string of the molecule is CCC1CN(C(=O)Nc2ccc(N)cc2)CCO1. The van der Waals surface area contributed by atoms with Gasteiger partial charge in [-0.15, -0.1) is 0 Å². The highest BCUT2D eigenvalue weighted by molar-refractivity contribution is 5.89. The molecule has 5 heteroatoms. The molecule has 1 aliphatic rings. The zero-order chi connectivity index (χ0) is 13.0. The predicted molar refractivity (Wildman–Crippen MR) is 71.5 cm³/mol. The van der Waals surface area contributed by atoms with Gasteiger partial charge in [0.05, 0.1) is 12.7 Å². The number of ether oxygens (including phenoxy) is 1. The van der Waals surface area contributed by atoms with Gasteiger partial charge in [0.1, 0.15) is 0 Å². The molecule has 1 saturated heterocycles. The van der Waals surface area contributed by atoms with Gasteiger partial charge in [0.2, 0.25) is 0 Å². The summed E-state index contributed by atoms with van der Waals surface area (Å²) in [5.41, 5.74) is 7.04. The molecule has 0 aliphatic carbocycles. The Balaban J connectivity index is 1.93. The van der Waals surface area contributed by atoms with Crippen LogP contribution in [-0.2, 0) is 4.74 Å². The molecule has 98 valence electrons. The summed E-state index contributed by atoms with van der Waals surface area (Å²) in [6.45, 7) is 3.95. The van der Waals surface area contributed by atoms with E-state index in [1.165, 1.54) is 0 Å². The summed E-state index contributed by atoms with van der Waals surface area (Å²) in [7, 11) is 0. The summed E-state index contributed by atoms with van der Waals surface area (Å²) in [6, 6.07) is 7.05. The highest BCUT2D eigenvalue weighted by Gasteiger charge is 2.22. The number of rotatable bonds is 2. The van der Waals surface area contributed by atoms with Gasteiger partial charge in [0.25, 0.3) is 0 Å². The molecule has 5 nitrogen and oxygen atoms in total. The number of amides is 2. The fraction of sp³-hybridized carbons (Fsp3) is 0.462. The van der Waals surface area contributed by atoms with Crippen LogP contribution >= 0.6 is 0 Å². The van der Waals surface area contributed by atoms with Crippen molar-refractivity contribution >= 4 is 17.4 Å². The molecular formula is C13H19N3O2. The molecule has 2 rings (SSSR count). The molecule has 0 saturated carbocycles. The Bertz CT molecular complexity index is 405. The number of morpholine rings is 1. The van der Waals surface area contributed by atoms with Crippen molar-refractivity contribution in [1.82, 2.24) is 4.90 Å². The van der Waals surface area contributed by atoms with Crippen LogP contribution in [0.2, 0.25) is 0 Å². The van der Waals surface area contributed by atoms with E-state index in [-0.39, 0.29) is 12.1 Å². The molecule has 1 aliphatic heterocycles. The molecule has 18 heavy (non-hydrogen) atoms. The van der Waals surface area contributed by atoms with Gasteiger partial charge in [-0.25, -0.2) is 4.79 Å². The number of hydrogen-bond acceptors (Lipinski definition) is 3. The number of nitrogens with one attached hydrogen (secondary N) is 1. The summed E-state index contributed by atoms with van der Waals surface area (Å²) in [5, 5.41) is 2.86. The zero-order valence-corrected chi connectivity index (χ0v) is 10.6. The van der Waals surface area contributed by atoms with Gasteiger partial charge < -0.3 is 20.7 Å². The summed E-state index contributed by atoms with van der Waals surface area (Å²) < 4.78 is 5.54. The first-order chi connectivity index (χ1) is 8.69. The Morgan fingerprint density at radius 3 is 2.89 bits per heavy atom. The summed E-state index contributed by atoms with van der Waals surface area (Å²) >= 11 is 0. The molecule has 1 heterocycles. The van der Waals surface area contributed by atoms with Crippen LogP contribution in [0.5, 0.6) is 0 Å². The van der Waals surface area contributed by atoms with Gasteiger partial charge in [-0.05, 0) is 30.7 Å². The van der Waals surface area contributed by atoms with Gasteiger partial charge in [-0.1, -0.05) is 6.92 Å². The van der Waals surface area contributed by atoms with Gasteiger partial charge >= 0.3 is 6.03 Å². The Morgan fingerprint density at radius 2 is 2.22 bits per heavy atom. The topological polar surface area (TPSA) is 67.6 Å². The molecule has 1 fully saturated rings. The van der Waals surface area contributed by atoms with Crippen molar-refractivity contribution in [2.45, 2.75) is 19.4 Å². The Hall–Kier alpha value is -1.75. The third kappa shape index (κ3) is 3.13. The maximum absolute atomic E-state index is 12.0. The number of hydrogen-bond donors (Lipinski definition) is 2. The molecule has 0 aromatic heterocycles. The third-order valence-electron chi connectivity index (χ3n) is 3.04. The van der Waals surface area contributed by atoms with Crippen LogP contribution < -0.4 is 11.1 Å². The minimum Gasteiger partial charge on any atom is -0.399 e. The van der Waals surface area contributed by atoms with Crippen LogP contribution in [-0.4, -0.2) is 36.7 Å². The lowest BCUT2D eigenvalue weighted by molar-refractivity contribution is -0.0134. The van der Waals surface area contributed by atoms with Crippen molar-refractivity contribution in [2.24, 2.45) is 0 Å². The minimum absolute atomic E-state index is 0.0819. The van der Waals surface area contributed by atoms with Gasteiger partial charge in [-0.2, -0.15) is 0 Å². The van der Waals surface area contributed by atoms with E-state index in [4.69, 9.17) is 10.5 Å². The molecule has 0 bridgehead atoms. The smallest absolute Gasteiger partial charge is 0.322 e. The number of carbonyl (C=O) groups is 1. The number of nitrogens with two attached hydrogens (primary N) is 1. The highest BCUT2D eigenvalue weighted by atomic mass is 16.5. The van der Waals surface area contributed by atoms with Crippen molar-refractivity contribution in [2.75, 3.05) is 30.7 Å². The lowest BCUT2D eigenvalue weighted by Gasteiger charge is -2.32. The highest BCUT2D eigenvalue weighted by Crippen LogP contribution is 2.13. The van der Waals surface area contributed by atoms with Crippen LogP contribution in [0.4, 0.5) is 16.2 Å². The van der Waals surface area contributed by atoms with E-state index < -0.39 is 0 Å². The number of urea groups is 1. The number of carbonyl (C=O) groups excluding carboxylic acids is 1. The molecule has 0 radical (unpaired) electrons. The van der Waals surface area contributed by atoms with E-state index in [0.717, 1.165) is 12.1 Å². The fourth-order valence-corrected chi connectivity index (χ4v) is 1.92. The molecule has 3 N–H and O–H groups in total.